The molecule has 0 heterocycles. The van der Waals surface area contributed by atoms with Crippen LogP contribution in [0.25, 0.3) is 0 Å². The fourth-order valence-corrected chi connectivity index (χ4v) is 1.27. The van der Waals surface area contributed by atoms with Crippen LogP contribution in [-0.4, -0.2) is 9.79 Å². The summed E-state index contributed by atoms with van der Waals surface area (Å²) >= 11 is 0. The molecule has 0 radical (unpaired) electrons. The van der Waals surface area contributed by atoms with Crippen molar-refractivity contribution in [2.24, 2.45) is 0 Å². The predicted molar refractivity (Wildman–Crippen MR) is 83.9 cm³/mol. The highest BCUT2D eigenvalue weighted by Crippen LogP contribution is 2.00. The fraction of sp³-hybridized carbons (Fsp3) is 0.250. The maximum Gasteiger partial charge on any atom is 0.692 e. The third-order valence-electron chi connectivity index (χ3n) is 2.44. The van der Waals surface area contributed by atoms with E-state index in [4.69, 9.17) is 14.4 Å². The summed E-state index contributed by atoms with van der Waals surface area (Å²) in [6, 6.07) is 17.0. The molecule has 0 spiro atoms. The van der Waals surface area contributed by atoms with Gasteiger partial charge in [0.2, 0.25) is 0 Å². The Kier molecular flexibility index (Phi) is 9.48. The molecular formula is C16H22O3P+. The molecule has 2 N–H and O–H groups in total. The second-order valence-electron chi connectivity index (χ2n) is 4.56. The molecule has 0 aliphatic heterocycles. The first-order valence-electron chi connectivity index (χ1n) is 6.23. The largest absolute Gasteiger partial charge is 0.692 e. The van der Waals surface area contributed by atoms with Gasteiger partial charge < -0.3 is 0 Å². The average molecular weight is 293 g/mol. The summed E-state index contributed by atoms with van der Waals surface area (Å²) in [6.07, 6.45) is 0. The Labute approximate surface area is 121 Å². The summed E-state index contributed by atoms with van der Waals surface area (Å²) in [6.45, 7) is 8.39. The summed E-state index contributed by atoms with van der Waals surface area (Å²) < 4.78 is 8.70. The molecule has 0 aliphatic rings. The Hall–Kier alpha value is -1.54. The lowest BCUT2D eigenvalue weighted by Gasteiger charge is -1.90. The van der Waals surface area contributed by atoms with Gasteiger partial charge in [0, 0.05) is 4.57 Å². The lowest BCUT2D eigenvalue weighted by atomic mass is 10.2. The van der Waals surface area contributed by atoms with Crippen molar-refractivity contribution in [1.82, 2.24) is 0 Å². The van der Waals surface area contributed by atoms with Crippen molar-refractivity contribution in [3.63, 3.8) is 0 Å². The van der Waals surface area contributed by atoms with Gasteiger partial charge in [-0.25, -0.2) is 0 Å². The van der Waals surface area contributed by atoms with Gasteiger partial charge in [0.05, 0.1) is 0 Å². The molecule has 0 bridgehead atoms. The average Bonchev–Trinajstić information content (AvgIpc) is 2.37. The minimum atomic E-state index is -2.87. The van der Waals surface area contributed by atoms with E-state index in [0.717, 1.165) is 0 Å². The summed E-state index contributed by atoms with van der Waals surface area (Å²) in [5.74, 6) is 0. The molecule has 0 fully saturated rings. The van der Waals surface area contributed by atoms with Gasteiger partial charge in [0.1, 0.15) is 0 Å². The summed E-state index contributed by atoms with van der Waals surface area (Å²) in [5, 5.41) is 0. The van der Waals surface area contributed by atoms with Crippen LogP contribution < -0.4 is 0 Å². The normalized spacial score (nSPS) is 8.70. The van der Waals surface area contributed by atoms with E-state index in [1.807, 2.05) is 0 Å². The number of rotatable bonds is 0. The van der Waals surface area contributed by atoms with E-state index >= 15 is 0 Å². The molecule has 0 saturated heterocycles. The minimum absolute atomic E-state index is 1.33. The topological polar surface area (TPSA) is 57.5 Å². The van der Waals surface area contributed by atoms with Gasteiger partial charge in [0.15, 0.2) is 0 Å². The summed E-state index contributed by atoms with van der Waals surface area (Å²) in [4.78, 5) is 14.2. The Morgan fingerprint density at radius 1 is 0.600 bits per heavy atom. The zero-order chi connectivity index (χ0) is 15.5. The van der Waals surface area contributed by atoms with Crippen molar-refractivity contribution in [3.8, 4) is 0 Å². The van der Waals surface area contributed by atoms with Gasteiger partial charge in [-0.2, -0.15) is 0 Å². The van der Waals surface area contributed by atoms with Crippen molar-refractivity contribution < 1.29 is 14.4 Å². The Morgan fingerprint density at radius 3 is 0.800 bits per heavy atom. The molecule has 0 aliphatic carbocycles. The molecule has 2 rings (SSSR count). The summed E-state index contributed by atoms with van der Waals surface area (Å²) in [7, 11) is -2.87. The zero-order valence-corrected chi connectivity index (χ0v) is 13.3. The highest BCUT2D eigenvalue weighted by atomic mass is 31.1. The lowest BCUT2D eigenvalue weighted by molar-refractivity contribution is 0.405. The van der Waals surface area contributed by atoms with Gasteiger partial charge in [-0.15, -0.1) is 9.79 Å². The van der Waals surface area contributed by atoms with Crippen molar-refractivity contribution in [2.45, 2.75) is 27.7 Å². The van der Waals surface area contributed by atoms with Crippen LogP contribution in [0.5, 0.6) is 0 Å². The maximum absolute atomic E-state index is 8.70. The van der Waals surface area contributed by atoms with E-state index in [1.54, 1.807) is 0 Å². The first kappa shape index (κ1) is 18.5. The van der Waals surface area contributed by atoms with Crippen LogP contribution in [0.4, 0.5) is 0 Å². The van der Waals surface area contributed by atoms with Gasteiger partial charge in [-0.3, -0.25) is 0 Å². The second-order valence-corrected chi connectivity index (χ2v) is 5.07. The van der Waals surface area contributed by atoms with Crippen LogP contribution in [0.1, 0.15) is 22.3 Å². The highest BCUT2D eigenvalue weighted by molar-refractivity contribution is 7.30. The fourth-order valence-electron chi connectivity index (χ4n) is 1.27. The van der Waals surface area contributed by atoms with E-state index in [1.165, 1.54) is 22.3 Å². The van der Waals surface area contributed by atoms with Gasteiger partial charge in [-0.05, 0) is 27.7 Å². The van der Waals surface area contributed by atoms with E-state index in [-0.39, 0.29) is 0 Å². The van der Waals surface area contributed by atoms with E-state index < -0.39 is 8.25 Å². The number of benzene rings is 2. The molecule has 0 aromatic heterocycles. The van der Waals surface area contributed by atoms with Crippen LogP contribution in [0, 0.1) is 27.7 Å². The monoisotopic (exact) mass is 293 g/mol. The molecule has 4 heteroatoms. The van der Waals surface area contributed by atoms with Crippen LogP contribution in [0.2, 0.25) is 0 Å². The molecule has 108 valence electrons. The van der Waals surface area contributed by atoms with Crippen molar-refractivity contribution >= 4 is 8.25 Å². The number of hydrogen-bond acceptors (Lipinski definition) is 1. The molecule has 0 saturated carbocycles. The van der Waals surface area contributed by atoms with Gasteiger partial charge in [-0.1, -0.05) is 70.8 Å². The van der Waals surface area contributed by atoms with E-state index in [0.29, 0.717) is 0 Å². The van der Waals surface area contributed by atoms with Crippen LogP contribution in [0.3, 0.4) is 0 Å². The number of hydrogen-bond donors (Lipinski definition) is 2. The molecule has 2 aromatic carbocycles. The molecular weight excluding hydrogens is 271 g/mol. The van der Waals surface area contributed by atoms with Crippen LogP contribution in [-0.2, 0) is 4.57 Å². The molecule has 20 heavy (non-hydrogen) atoms. The first-order chi connectivity index (χ1) is 9.31. The molecule has 0 amide bonds. The number of aryl methyl sites for hydroxylation is 4. The second kappa shape index (κ2) is 10.3. The SMILES string of the molecule is Cc1ccc(C)cc1.Cc1ccc(C)cc1.O=[P+](O)O. The lowest BCUT2D eigenvalue weighted by Crippen LogP contribution is -1.70. The quantitative estimate of drug-likeness (QED) is 0.714. The van der Waals surface area contributed by atoms with Gasteiger partial charge in [0.25, 0.3) is 0 Å². The molecule has 3 nitrogen and oxygen atoms in total. The maximum atomic E-state index is 8.70. The Morgan fingerprint density at radius 2 is 0.700 bits per heavy atom. The molecule has 2 aromatic rings. The minimum Gasteiger partial charge on any atom is -0.134 e. The van der Waals surface area contributed by atoms with Crippen LogP contribution >= 0.6 is 8.25 Å². The zero-order valence-electron chi connectivity index (χ0n) is 12.4. The van der Waals surface area contributed by atoms with Gasteiger partial charge >= 0.3 is 8.25 Å². The van der Waals surface area contributed by atoms with E-state index in [2.05, 4.69) is 76.2 Å². The van der Waals surface area contributed by atoms with Crippen LogP contribution in [0.15, 0.2) is 48.5 Å². The predicted octanol–water partition coefficient (Wildman–Crippen LogP) is 4.24. The Balaban J connectivity index is 0.000000289. The molecule has 0 atom stereocenters. The van der Waals surface area contributed by atoms with Crippen molar-refractivity contribution in [2.75, 3.05) is 0 Å². The van der Waals surface area contributed by atoms with Crippen molar-refractivity contribution in [1.29, 1.82) is 0 Å². The smallest absolute Gasteiger partial charge is 0.134 e. The Bertz CT molecular complexity index is 415. The highest BCUT2D eigenvalue weighted by Gasteiger charge is 1.93. The standard InChI is InChI=1S/2C8H10.HO3P/c2*1-7-3-5-8(2)6-4-7;1-4(2)3/h2*3-6H,1-2H3;(H-,1,2,3)/p+1. The third kappa shape index (κ3) is 11.5. The van der Waals surface area contributed by atoms with Crippen molar-refractivity contribution in [3.05, 3.63) is 70.8 Å². The first-order valence-corrected chi connectivity index (χ1v) is 7.39. The summed E-state index contributed by atoms with van der Waals surface area (Å²) in [5.41, 5.74) is 5.32. The van der Waals surface area contributed by atoms with E-state index in [9.17, 15) is 0 Å². The third-order valence-corrected chi connectivity index (χ3v) is 2.44. The molecule has 0 unspecified atom stereocenters.